The van der Waals surface area contributed by atoms with Crippen molar-refractivity contribution in [3.63, 3.8) is 0 Å². The molecule has 0 spiro atoms. The summed E-state index contributed by atoms with van der Waals surface area (Å²) in [5, 5.41) is 3.82. The van der Waals surface area contributed by atoms with Gasteiger partial charge in [0.1, 0.15) is 0 Å². The standard InChI is InChI=1S/C18H30BrNS/c1-3-5-6-14-7-9-15(10-8-14)18(20-13-4-2)16-11-12-17(19)21-16/h11-12,14-15,18,20H,3-10,13H2,1-2H3. The van der Waals surface area contributed by atoms with Crippen molar-refractivity contribution >= 4 is 27.3 Å². The maximum Gasteiger partial charge on any atom is 0.0701 e. The summed E-state index contributed by atoms with van der Waals surface area (Å²) in [5.74, 6) is 1.84. The number of hydrogen-bond acceptors (Lipinski definition) is 2. The lowest BCUT2D eigenvalue weighted by molar-refractivity contribution is 0.214. The van der Waals surface area contributed by atoms with Crippen molar-refractivity contribution in [2.24, 2.45) is 11.8 Å². The lowest BCUT2D eigenvalue weighted by atomic mass is 9.76. The molecule has 120 valence electrons. The summed E-state index contributed by atoms with van der Waals surface area (Å²) in [4.78, 5) is 1.52. The van der Waals surface area contributed by atoms with Crippen molar-refractivity contribution in [2.45, 2.75) is 71.3 Å². The van der Waals surface area contributed by atoms with E-state index < -0.39 is 0 Å². The van der Waals surface area contributed by atoms with Crippen LogP contribution in [-0.2, 0) is 0 Å². The summed E-state index contributed by atoms with van der Waals surface area (Å²) in [6, 6.07) is 5.09. The van der Waals surface area contributed by atoms with E-state index in [4.69, 9.17) is 0 Å². The van der Waals surface area contributed by atoms with Gasteiger partial charge in [-0.1, -0.05) is 46.0 Å². The molecule has 2 rings (SSSR count). The second-order valence-electron chi connectivity index (χ2n) is 6.50. The highest BCUT2D eigenvalue weighted by Crippen LogP contribution is 2.41. The summed E-state index contributed by atoms with van der Waals surface area (Å²) >= 11 is 5.53. The molecule has 0 bridgehead atoms. The van der Waals surface area contributed by atoms with Gasteiger partial charge in [-0.3, -0.25) is 0 Å². The number of hydrogen-bond donors (Lipinski definition) is 1. The fraction of sp³-hybridized carbons (Fsp3) is 0.778. The molecule has 0 amide bonds. The molecular formula is C18H30BrNS. The molecule has 0 radical (unpaired) electrons. The summed E-state index contributed by atoms with van der Waals surface area (Å²) in [7, 11) is 0. The van der Waals surface area contributed by atoms with Crippen molar-refractivity contribution in [1.29, 1.82) is 0 Å². The highest BCUT2D eigenvalue weighted by atomic mass is 79.9. The van der Waals surface area contributed by atoms with E-state index in [0.29, 0.717) is 6.04 Å². The van der Waals surface area contributed by atoms with Crippen LogP contribution in [0.15, 0.2) is 15.9 Å². The topological polar surface area (TPSA) is 12.0 Å². The van der Waals surface area contributed by atoms with Gasteiger partial charge in [0, 0.05) is 10.9 Å². The largest absolute Gasteiger partial charge is 0.309 e. The number of nitrogens with one attached hydrogen (secondary N) is 1. The molecule has 3 heteroatoms. The third kappa shape index (κ3) is 5.37. The maximum absolute atomic E-state index is 3.82. The molecule has 1 aliphatic carbocycles. The summed E-state index contributed by atoms with van der Waals surface area (Å²) in [6.45, 7) is 5.71. The Kier molecular flexibility index (Phi) is 7.76. The van der Waals surface area contributed by atoms with E-state index in [1.165, 1.54) is 60.0 Å². The van der Waals surface area contributed by atoms with E-state index in [1.807, 2.05) is 11.3 Å². The van der Waals surface area contributed by atoms with Crippen LogP contribution in [0, 0.1) is 11.8 Å². The molecule has 0 saturated heterocycles. The molecule has 1 nitrogen and oxygen atoms in total. The molecule has 1 atom stereocenters. The summed E-state index contributed by atoms with van der Waals surface area (Å²) < 4.78 is 1.26. The fourth-order valence-corrected chi connectivity index (χ4v) is 5.19. The SMILES string of the molecule is CCCCC1CCC(C(NCCC)c2ccc(Br)s2)CC1. The van der Waals surface area contributed by atoms with Gasteiger partial charge in [0.25, 0.3) is 0 Å². The third-order valence-corrected chi connectivity index (χ3v) is 6.55. The van der Waals surface area contributed by atoms with Crippen LogP contribution in [0.25, 0.3) is 0 Å². The maximum atomic E-state index is 3.82. The molecule has 0 aromatic carbocycles. The Morgan fingerprint density at radius 1 is 1.19 bits per heavy atom. The lowest BCUT2D eigenvalue weighted by Crippen LogP contribution is -2.31. The molecule has 0 aliphatic heterocycles. The van der Waals surface area contributed by atoms with Crippen molar-refractivity contribution < 1.29 is 0 Å². The minimum atomic E-state index is 0.577. The van der Waals surface area contributed by atoms with Crippen LogP contribution in [0.5, 0.6) is 0 Å². The van der Waals surface area contributed by atoms with Crippen LogP contribution < -0.4 is 5.32 Å². The molecule has 1 aromatic rings. The Labute approximate surface area is 143 Å². The Balaban J connectivity index is 1.92. The Hall–Kier alpha value is 0.140. The van der Waals surface area contributed by atoms with Crippen LogP contribution in [-0.4, -0.2) is 6.54 Å². The van der Waals surface area contributed by atoms with Gasteiger partial charge in [0.05, 0.1) is 3.79 Å². The second kappa shape index (κ2) is 9.32. The zero-order valence-corrected chi connectivity index (χ0v) is 15.9. The molecule has 1 aromatic heterocycles. The van der Waals surface area contributed by atoms with E-state index in [2.05, 4.69) is 47.2 Å². The van der Waals surface area contributed by atoms with Gasteiger partial charge in [-0.25, -0.2) is 0 Å². The van der Waals surface area contributed by atoms with Crippen molar-refractivity contribution in [3.8, 4) is 0 Å². The van der Waals surface area contributed by atoms with Crippen LogP contribution in [0.1, 0.15) is 76.1 Å². The minimum absolute atomic E-state index is 0.577. The fourth-order valence-electron chi connectivity index (χ4n) is 3.60. The van der Waals surface area contributed by atoms with E-state index in [0.717, 1.165) is 18.4 Å². The first-order valence-electron chi connectivity index (χ1n) is 8.73. The van der Waals surface area contributed by atoms with Crippen molar-refractivity contribution in [1.82, 2.24) is 5.32 Å². The number of thiophene rings is 1. The molecule has 1 saturated carbocycles. The second-order valence-corrected chi connectivity index (χ2v) is 8.99. The Morgan fingerprint density at radius 2 is 1.95 bits per heavy atom. The number of rotatable bonds is 8. The van der Waals surface area contributed by atoms with Gasteiger partial charge in [0.15, 0.2) is 0 Å². The van der Waals surface area contributed by atoms with Gasteiger partial charge < -0.3 is 5.32 Å². The average molecular weight is 372 g/mol. The van der Waals surface area contributed by atoms with E-state index in [9.17, 15) is 0 Å². The molecule has 21 heavy (non-hydrogen) atoms. The first-order chi connectivity index (χ1) is 10.2. The molecule has 1 aliphatic rings. The summed E-state index contributed by atoms with van der Waals surface area (Å²) in [6.07, 6.45) is 11.2. The van der Waals surface area contributed by atoms with Gasteiger partial charge in [0.2, 0.25) is 0 Å². The monoisotopic (exact) mass is 371 g/mol. The van der Waals surface area contributed by atoms with Crippen molar-refractivity contribution in [2.75, 3.05) is 6.54 Å². The van der Waals surface area contributed by atoms with E-state index in [1.54, 1.807) is 0 Å². The Bertz CT molecular complexity index is 396. The van der Waals surface area contributed by atoms with Gasteiger partial charge >= 0.3 is 0 Å². The van der Waals surface area contributed by atoms with Crippen molar-refractivity contribution in [3.05, 3.63) is 20.8 Å². The first kappa shape index (κ1) is 17.5. The highest BCUT2D eigenvalue weighted by Gasteiger charge is 2.28. The zero-order chi connectivity index (χ0) is 15.1. The predicted molar refractivity (Wildman–Crippen MR) is 98.0 cm³/mol. The Morgan fingerprint density at radius 3 is 2.52 bits per heavy atom. The molecular weight excluding hydrogens is 342 g/mol. The molecule has 1 heterocycles. The van der Waals surface area contributed by atoms with Gasteiger partial charge in [-0.05, 0) is 65.7 Å². The van der Waals surface area contributed by atoms with Gasteiger partial charge in [-0.2, -0.15) is 0 Å². The van der Waals surface area contributed by atoms with Crippen LogP contribution in [0.3, 0.4) is 0 Å². The lowest BCUT2D eigenvalue weighted by Gasteiger charge is -2.34. The van der Waals surface area contributed by atoms with Crippen LogP contribution >= 0.6 is 27.3 Å². The number of halogens is 1. The normalized spacial score (nSPS) is 24.1. The molecule has 1 N–H and O–H groups in total. The zero-order valence-electron chi connectivity index (χ0n) is 13.5. The smallest absolute Gasteiger partial charge is 0.0701 e. The first-order valence-corrected chi connectivity index (χ1v) is 10.3. The number of unbranched alkanes of at least 4 members (excludes halogenated alkanes) is 1. The van der Waals surface area contributed by atoms with E-state index >= 15 is 0 Å². The molecule has 1 fully saturated rings. The van der Waals surface area contributed by atoms with Crippen LogP contribution in [0.4, 0.5) is 0 Å². The predicted octanol–water partition coefficient (Wildman–Crippen LogP) is 6.55. The molecule has 1 unspecified atom stereocenters. The quantitative estimate of drug-likeness (QED) is 0.546. The van der Waals surface area contributed by atoms with Crippen LogP contribution in [0.2, 0.25) is 0 Å². The summed E-state index contributed by atoms with van der Waals surface area (Å²) in [5.41, 5.74) is 0. The van der Waals surface area contributed by atoms with E-state index in [-0.39, 0.29) is 0 Å². The average Bonchev–Trinajstić information content (AvgIpc) is 2.93. The van der Waals surface area contributed by atoms with Gasteiger partial charge in [-0.15, -0.1) is 11.3 Å². The highest BCUT2D eigenvalue weighted by molar-refractivity contribution is 9.11. The minimum Gasteiger partial charge on any atom is -0.309 e. The third-order valence-electron chi connectivity index (χ3n) is 4.84.